The van der Waals surface area contributed by atoms with Crippen molar-refractivity contribution in [3.63, 3.8) is 0 Å². The third kappa shape index (κ3) is 2.96. The van der Waals surface area contributed by atoms with Crippen molar-refractivity contribution in [2.75, 3.05) is 5.75 Å². The molecule has 0 saturated carbocycles. The van der Waals surface area contributed by atoms with E-state index in [0.717, 1.165) is 5.56 Å². The van der Waals surface area contributed by atoms with E-state index >= 15 is 0 Å². The van der Waals surface area contributed by atoms with Crippen LogP contribution in [0.3, 0.4) is 0 Å². The van der Waals surface area contributed by atoms with E-state index < -0.39 is 10.8 Å². The van der Waals surface area contributed by atoms with Gasteiger partial charge in [0.05, 0.1) is 28.8 Å². The lowest BCUT2D eigenvalue weighted by molar-refractivity contribution is 0.670. The van der Waals surface area contributed by atoms with Gasteiger partial charge in [-0.15, -0.1) is 5.10 Å². The van der Waals surface area contributed by atoms with Crippen LogP contribution in [0.15, 0.2) is 41.7 Å². The molecule has 1 aromatic carbocycles. The smallest absolute Gasteiger partial charge is 0.240 e. The fourth-order valence-corrected chi connectivity index (χ4v) is 2.16. The van der Waals surface area contributed by atoms with Crippen molar-refractivity contribution < 1.29 is 4.21 Å². The van der Waals surface area contributed by atoms with Crippen LogP contribution in [0.25, 0.3) is 11.3 Å². The maximum atomic E-state index is 11.8. The molecular weight excluding hydrogens is 248 g/mol. The number of aromatic nitrogens is 3. The number of rotatable bonds is 4. The minimum absolute atomic E-state index is 0.173. The van der Waals surface area contributed by atoms with Crippen LogP contribution in [-0.4, -0.2) is 25.1 Å². The lowest BCUT2D eigenvalue weighted by Gasteiger charge is -2.01. The topological polar surface area (TPSA) is 79.5 Å². The van der Waals surface area contributed by atoms with Crippen LogP contribution < -0.4 is 0 Å². The fourth-order valence-electron chi connectivity index (χ4n) is 1.36. The summed E-state index contributed by atoms with van der Waals surface area (Å²) in [6.45, 7) is 0. The summed E-state index contributed by atoms with van der Waals surface area (Å²) in [5.74, 6) is 0.233. The van der Waals surface area contributed by atoms with Gasteiger partial charge in [0.15, 0.2) is 0 Å². The van der Waals surface area contributed by atoms with Gasteiger partial charge in [-0.3, -0.25) is 4.21 Å². The zero-order chi connectivity index (χ0) is 12.8. The molecule has 0 N–H and O–H groups in total. The van der Waals surface area contributed by atoms with Crippen molar-refractivity contribution in [2.24, 2.45) is 0 Å². The molecule has 1 unspecified atom stereocenters. The van der Waals surface area contributed by atoms with Crippen LogP contribution in [0.1, 0.15) is 6.42 Å². The molecule has 0 amide bonds. The highest BCUT2D eigenvalue weighted by atomic mass is 32.2. The third-order valence-corrected chi connectivity index (χ3v) is 3.37. The van der Waals surface area contributed by atoms with E-state index in [0.29, 0.717) is 5.69 Å². The van der Waals surface area contributed by atoms with E-state index in [-0.39, 0.29) is 17.3 Å². The second-order valence-electron chi connectivity index (χ2n) is 3.45. The quantitative estimate of drug-likeness (QED) is 0.831. The van der Waals surface area contributed by atoms with Crippen molar-refractivity contribution in [1.29, 1.82) is 5.26 Å². The molecule has 0 radical (unpaired) electrons. The summed E-state index contributed by atoms with van der Waals surface area (Å²) in [5, 5.41) is 16.2. The fraction of sp³-hybridized carbons (Fsp3) is 0.167. The standard InChI is InChI=1S/C12H10N4OS/c13-7-4-8-18(17)12-15-11(9-14-16-12)10-5-2-1-3-6-10/h1-3,5-6,9H,4,8H2. The zero-order valence-electron chi connectivity index (χ0n) is 9.48. The van der Waals surface area contributed by atoms with Crippen molar-refractivity contribution >= 4 is 10.8 Å². The van der Waals surface area contributed by atoms with Gasteiger partial charge in [0.1, 0.15) is 0 Å². The molecule has 0 bridgehead atoms. The van der Waals surface area contributed by atoms with Gasteiger partial charge in [0.25, 0.3) is 0 Å². The van der Waals surface area contributed by atoms with Crippen LogP contribution in [-0.2, 0) is 10.8 Å². The maximum Gasteiger partial charge on any atom is 0.240 e. The Morgan fingerprint density at radius 1 is 1.28 bits per heavy atom. The molecule has 0 aliphatic heterocycles. The minimum atomic E-state index is -1.37. The number of nitriles is 1. The molecule has 0 fully saturated rings. The van der Waals surface area contributed by atoms with Gasteiger partial charge in [-0.1, -0.05) is 30.3 Å². The number of benzene rings is 1. The van der Waals surface area contributed by atoms with E-state index in [2.05, 4.69) is 15.2 Å². The molecule has 2 aromatic rings. The number of nitrogens with zero attached hydrogens (tertiary/aromatic N) is 4. The Balaban J connectivity index is 2.26. The van der Waals surface area contributed by atoms with E-state index in [1.165, 1.54) is 6.20 Å². The predicted octanol–water partition coefficient (Wildman–Crippen LogP) is 1.56. The highest BCUT2D eigenvalue weighted by Crippen LogP contribution is 2.15. The molecule has 18 heavy (non-hydrogen) atoms. The van der Waals surface area contributed by atoms with Crippen LogP contribution in [0.4, 0.5) is 0 Å². The Labute approximate surface area is 107 Å². The largest absolute Gasteiger partial charge is 0.251 e. The Hall–Kier alpha value is -2.13. The number of hydrogen-bond acceptors (Lipinski definition) is 5. The summed E-state index contributed by atoms with van der Waals surface area (Å²) in [4.78, 5) is 4.21. The van der Waals surface area contributed by atoms with Crippen molar-refractivity contribution in [1.82, 2.24) is 15.2 Å². The summed E-state index contributed by atoms with van der Waals surface area (Å²) in [6.07, 6.45) is 1.74. The van der Waals surface area contributed by atoms with Crippen LogP contribution in [0, 0.1) is 11.3 Å². The predicted molar refractivity (Wildman–Crippen MR) is 66.8 cm³/mol. The first-order chi connectivity index (χ1) is 8.81. The average molecular weight is 258 g/mol. The Kier molecular flexibility index (Phi) is 4.10. The third-order valence-electron chi connectivity index (χ3n) is 2.21. The van der Waals surface area contributed by atoms with Crippen molar-refractivity contribution in [3.8, 4) is 17.3 Å². The number of hydrogen-bond donors (Lipinski definition) is 0. The van der Waals surface area contributed by atoms with E-state index in [4.69, 9.17) is 5.26 Å². The first-order valence-electron chi connectivity index (χ1n) is 5.32. The van der Waals surface area contributed by atoms with Crippen molar-refractivity contribution in [2.45, 2.75) is 11.6 Å². The van der Waals surface area contributed by atoms with Gasteiger partial charge in [0, 0.05) is 17.7 Å². The second-order valence-corrected chi connectivity index (χ2v) is 4.91. The normalized spacial score (nSPS) is 11.7. The second kappa shape index (κ2) is 5.98. The monoisotopic (exact) mass is 258 g/mol. The first kappa shape index (κ1) is 12.3. The molecule has 2 rings (SSSR count). The van der Waals surface area contributed by atoms with E-state index in [9.17, 15) is 4.21 Å². The van der Waals surface area contributed by atoms with Crippen molar-refractivity contribution in [3.05, 3.63) is 36.5 Å². The lowest BCUT2D eigenvalue weighted by Crippen LogP contribution is -2.05. The highest BCUT2D eigenvalue weighted by Gasteiger charge is 2.09. The lowest BCUT2D eigenvalue weighted by atomic mass is 10.2. The Morgan fingerprint density at radius 2 is 2.06 bits per heavy atom. The van der Waals surface area contributed by atoms with E-state index in [1.807, 2.05) is 36.4 Å². The maximum absolute atomic E-state index is 11.8. The molecule has 0 spiro atoms. The van der Waals surface area contributed by atoms with E-state index in [1.54, 1.807) is 0 Å². The molecule has 0 aliphatic rings. The first-order valence-corrected chi connectivity index (χ1v) is 6.63. The van der Waals surface area contributed by atoms with Gasteiger partial charge >= 0.3 is 0 Å². The van der Waals surface area contributed by atoms with Crippen LogP contribution in [0.5, 0.6) is 0 Å². The Bertz CT molecular complexity index is 595. The average Bonchev–Trinajstić information content (AvgIpc) is 2.46. The molecule has 0 aliphatic carbocycles. The van der Waals surface area contributed by atoms with Gasteiger partial charge in [0.2, 0.25) is 5.16 Å². The zero-order valence-corrected chi connectivity index (χ0v) is 10.3. The van der Waals surface area contributed by atoms with Gasteiger partial charge < -0.3 is 0 Å². The molecule has 1 heterocycles. The summed E-state index contributed by atoms with van der Waals surface area (Å²) in [7, 11) is -1.37. The molecular formula is C12H10N4OS. The molecule has 90 valence electrons. The molecule has 6 heteroatoms. The SMILES string of the molecule is N#CCCS(=O)c1nncc(-c2ccccc2)n1. The van der Waals surface area contributed by atoms with Gasteiger partial charge in [-0.25, -0.2) is 4.98 Å². The van der Waals surface area contributed by atoms with Crippen LogP contribution >= 0.6 is 0 Å². The highest BCUT2D eigenvalue weighted by molar-refractivity contribution is 7.84. The molecule has 5 nitrogen and oxygen atoms in total. The molecule has 1 atom stereocenters. The minimum Gasteiger partial charge on any atom is -0.251 e. The van der Waals surface area contributed by atoms with Gasteiger partial charge in [-0.05, 0) is 0 Å². The molecule has 1 aromatic heterocycles. The summed E-state index contributed by atoms with van der Waals surface area (Å²) >= 11 is 0. The summed E-state index contributed by atoms with van der Waals surface area (Å²) in [6, 6.07) is 11.4. The molecule has 0 saturated heterocycles. The Morgan fingerprint density at radius 3 is 2.78 bits per heavy atom. The van der Waals surface area contributed by atoms with Gasteiger partial charge in [-0.2, -0.15) is 10.4 Å². The summed E-state index contributed by atoms with van der Waals surface area (Å²) in [5.41, 5.74) is 1.52. The summed E-state index contributed by atoms with van der Waals surface area (Å²) < 4.78 is 11.8. The van der Waals surface area contributed by atoms with Crippen LogP contribution in [0.2, 0.25) is 0 Å².